The fraction of sp³-hybridized carbons (Fsp3) is 0.381. The summed E-state index contributed by atoms with van der Waals surface area (Å²) in [5.74, 6) is 1.27. The average molecular weight is 546 g/mol. The zero-order valence-corrected chi connectivity index (χ0v) is 20.6. The van der Waals surface area contributed by atoms with Crippen LogP contribution in [-0.2, 0) is 11.2 Å². The minimum Gasteiger partial charge on any atom is -0.489 e. The molecule has 0 bridgehead atoms. The van der Waals surface area contributed by atoms with Gasteiger partial charge in [0.15, 0.2) is 5.96 Å². The molecular weight excluding hydrogens is 517 g/mol. The number of amides is 1. The van der Waals surface area contributed by atoms with Crippen molar-refractivity contribution in [3.05, 3.63) is 59.4 Å². The minimum absolute atomic E-state index is 0. The van der Waals surface area contributed by atoms with Crippen LogP contribution in [0.15, 0.2) is 53.7 Å². The van der Waals surface area contributed by atoms with Crippen LogP contribution in [0.2, 0.25) is 5.02 Å². The fourth-order valence-corrected chi connectivity index (χ4v) is 2.62. The molecule has 7 nitrogen and oxygen atoms in total. The van der Waals surface area contributed by atoms with Crippen LogP contribution in [0, 0.1) is 0 Å². The fourth-order valence-electron chi connectivity index (χ4n) is 2.50. The van der Waals surface area contributed by atoms with E-state index in [1.165, 1.54) is 0 Å². The number of guanidine groups is 1. The van der Waals surface area contributed by atoms with Crippen LogP contribution < -0.4 is 15.4 Å². The Morgan fingerprint density at radius 2 is 1.97 bits per heavy atom. The monoisotopic (exact) mass is 545 g/mol. The van der Waals surface area contributed by atoms with E-state index in [0.717, 1.165) is 17.9 Å². The van der Waals surface area contributed by atoms with Crippen molar-refractivity contribution in [2.45, 2.75) is 19.4 Å². The van der Waals surface area contributed by atoms with Crippen LogP contribution in [0.25, 0.3) is 0 Å². The van der Waals surface area contributed by atoms with E-state index < -0.39 is 0 Å². The Labute approximate surface area is 200 Å². The Kier molecular flexibility index (Phi) is 12.1. The molecular formula is C21H29ClIN5O2. The lowest BCUT2D eigenvalue weighted by molar-refractivity contribution is -0.128. The van der Waals surface area contributed by atoms with E-state index in [2.05, 4.69) is 20.6 Å². The Bertz CT molecular complexity index is 790. The molecule has 0 saturated heterocycles. The van der Waals surface area contributed by atoms with Crippen LogP contribution >= 0.6 is 35.6 Å². The van der Waals surface area contributed by atoms with E-state index in [4.69, 9.17) is 16.3 Å². The number of aromatic nitrogens is 1. The van der Waals surface area contributed by atoms with Crippen molar-refractivity contribution in [1.82, 2.24) is 20.5 Å². The van der Waals surface area contributed by atoms with E-state index in [1.807, 2.05) is 37.3 Å². The van der Waals surface area contributed by atoms with Gasteiger partial charge in [-0.1, -0.05) is 17.7 Å². The molecule has 30 heavy (non-hydrogen) atoms. The largest absolute Gasteiger partial charge is 0.489 e. The maximum Gasteiger partial charge on any atom is 0.241 e. The van der Waals surface area contributed by atoms with Crippen LogP contribution in [0.1, 0.15) is 12.6 Å². The first-order chi connectivity index (χ1) is 14.0. The van der Waals surface area contributed by atoms with Gasteiger partial charge >= 0.3 is 0 Å². The molecule has 0 saturated carbocycles. The number of aliphatic imine (C=N–C) groups is 1. The molecule has 1 amide bonds. The van der Waals surface area contributed by atoms with Gasteiger partial charge in [-0.2, -0.15) is 0 Å². The minimum atomic E-state index is -0.0912. The summed E-state index contributed by atoms with van der Waals surface area (Å²) in [5, 5.41) is 6.86. The lowest BCUT2D eigenvalue weighted by Gasteiger charge is -2.20. The number of carbonyl (C=O) groups excluding carboxylic acids is 1. The number of benzene rings is 1. The molecule has 2 aromatic rings. The molecule has 0 radical (unpaired) electrons. The standard InChI is InChI=1S/C21H28ClN5O2.HI/c1-16(29-19-9-7-17(22)8-10-19)14-25-21(23-2)26-15-20(28)27(3)13-11-18-6-4-5-12-24-18;/h4-10,12,16H,11,13-15H2,1-3H3,(H2,23,25,26);1H. The summed E-state index contributed by atoms with van der Waals surface area (Å²) >= 11 is 5.88. The Morgan fingerprint density at radius 3 is 2.60 bits per heavy atom. The summed E-state index contributed by atoms with van der Waals surface area (Å²) in [6, 6.07) is 13.0. The molecule has 2 N–H and O–H groups in total. The van der Waals surface area contributed by atoms with Crippen LogP contribution in [-0.4, -0.2) is 61.6 Å². The molecule has 0 fully saturated rings. The summed E-state index contributed by atoms with van der Waals surface area (Å²) in [4.78, 5) is 22.4. The smallest absolute Gasteiger partial charge is 0.241 e. The van der Waals surface area contributed by atoms with Crippen molar-refractivity contribution in [2.24, 2.45) is 4.99 Å². The predicted octanol–water partition coefficient (Wildman–Crippen LogP) is 2.99. The first kappa shape index (κ1) is 26.0. The lowest BCUT2D eigenvalue weighted by Crippen LogP contribution is -2.46. The van der Waals surface area contributed by atoms with Crippen molar-refractivity contribution < 1.29 is 9.53 Å². The summed E-state index contributed by atoms with van der Waals surface area (Å²) in [6.45, 7) is 3.25. The van der Waals surface area contributed by atoms with Gasteiger partial charge in [0.05, 0.1) is 13.1 Å². The maximum absolute atomic E-state index is 12.3. The average Bonchev–Trinajstić information content (AvgIpc) is 2.74. The van der Waals surface area contributed by atoms with Crippen molar-refractivity contribution in [2.75, 3.05) is 33.7 Å². The van der Waals surface area contributed by atoms with E-state index in [-0.39, 0.29) is 42.5 Å². The maximum atomic E-state index is 12.3. The van der Waals surface area contributed by atoms with E-state index >= 15 is 0 Å². The third-order valence-corrected chi connectivity index (χ3v) is 4.45. The predicted molar refractivity (Wildman–Crippen MR) is 132 cm³/mol. The quantitative estimate of drug-likeness (QED) is 0.288. The number of carbonyl (C=O) groups is 1. The van der Waals surface area contributed by atoms with Gasteiger partial charge in [0.1, 0.15) is 11.9 Å². The Hall–Kier alpha value is -2.07. The zero-order chi connectivity index (χ0) is 21.1. The van der Waals surface area contributed by atoms with Crippen molar-refractivity contribution in [3.63, 3.8) is 0 Å². The highest BCUT2D eigenvalue weighted by Gasteiger charge is 2.11. The first-order valence-corrected chi connectivity index (χ1v) is 9.86. The number of halogens is 2. The van der Waals surface area contributed by atoms with E-state index in [0.29, 0.717) is 24.1 Å². The molecule has 0 spiro atoms. The number of hydrogen-bond donors (Lipinski definition) is 2. The number of rotatable bonds is 9. The Balaban J connectivity index is 0.00000450. The number of hydrogen-bond acceptors (Lipinski definition) is 4. The molecule has 0 aliphatic heterocycles. The molecule has 1 aromatic heterocycles. The number of likely N-dealkylation sites (N-methyl/N-ethyl adjacent to an activating group) is 1. The third-order valence-electron chi connectivity index (χ3n) is 4.19. The zero-order valence-electron chi connectivity index (χ0n) is 17.5. The summed E-state index contributed by atoms with van der Waals surface area (Å²) in [6.07, 6.45) is 2.38. The Morgan fingerprint density at radius 1 is 1.23 bits per heavy atom. The van der Waals surface area contributed by atoms with Gasteiger partial charge in [0.2, 0.25) is 5.91 Å². The van der Waals surface area contributed by atoms with Gasteiger partial charge in [-0.3, -0.25) is 14.8 Å². The van der Waals surface area contributed by atoms with Gasteiger partial charge in [-0.25, -0.2) is 0 Å². The van der Waals surface area contributed by atoms with Gasteiger partial charge in [0, 0.05) is 44.0 Å². The van der Waals surface area contributed by atoms with Crippen LogP contribution in [0.5, 0.6) is 5.75 Å². The number of nitrogens with zero attached hydrogens (tertiary/aromatic N) is 3. The van der Waals surface area contributed by atoms with Crippen LogP contribution in [0.4, 0.5) is 0 Å². The molecule has 0 aliphatic carbocycles. The topological polar surface area (TPSA) is 78.9 Å². The highest BCUT2D eigenvalue weighted by atomic mass is 127. The summed E-state index contributed by atoms with van der Waals surface area (Å²) < 4.78 is 5.82. The SMILES string of the molecule is CN=C(NCC(=O)N(C)CCc1ccccn1)NCC(C)Oc1ccc(Cl)cc1.I. The molecule has 9 heteroatoms. The van der Waals surface area contributed by atoms with Crippen molar-refractivity contribution >= 4 is 47.4 Å². The second-order valence-electron chi connectivity index (χ2n) is 6.58. The van der Waals surface area contributed by atoms with Gasteiger partial charge in [-0.15, -0.1) is 24.0 Å². The second kappa shape index (κ2) is 14.0. The highest BCUT2D eigenvalue weighted by Crippen LogP contribution is 2.16. The molecule has 1 aromatic carbocycles. The normalized spacial score (nSPS) is 11.8. The molecule has 1 heterocycles. The lowest BCUT2D eigenvalue weighted by atomic mass is 10.2. The van der Waals surface area contributed by atoms with Crippen molar-refractivity contribution in [1.29, 1.82) is 0 Å². The van der Waals surface area contributed by atoms with Gasteiger partial charge < -0.3 is 20.3 Å². The summed E-state index contributed by atoms with van der Waals surface area (Å²) in [7, 11) is 3.44. The molecule has 1 unspecified atom stereocenters. The van der Waals surface area contributed by atoms with Crippen molar-refractivity contribution in [3.8, 4) is 5.75 Å². The number of ether oxygens (including phenoxy) is 1. The highest BCUT2D eigenvalue weighted by molar-refractivity contribution is 14.0. The van der Waals surface area contributed by atoms with E-state index in [9.17, 15) is 4.79 Å². The molecule has 164 valence electrons. The van der Waals surface area contributed by atoms with Gasteiger partial charge in [-0.05, 0) is 43.3 Å². The van der Waals surface area contributed by atoms with E-state index in [1.54, 1.807) is 37.3 Å². The second-order valence-corrected chi connectivity index (χ2v) is 7.01. The van der Waals surface area contributed by atoms with Crippen LogP contribution in [0.3, 0.4) is 0 Å². The molecule has 2 rings (SSSR count). The molecule has 1 atom stereocenters. The molecule has 0 aliphatic rings. The first-order valence-electron chi connectivity index (χ1n) is 9.48. The van der Waals surface area contributed by atoms with Gasteiger partial charge in [0.25, 0.3) is 0 Å². The summed E-state index contributed by atoms with van der Waals surface area (Å²) in [5.41, 5.74) is 0.965. The number of nitrogens with one attached hydrogen (secondary N) is 2. The third kappa shape index (κ3) is 9.62. The number of pyridine rings is 1.